The van der Waals surface area contributed by atoms with E-state index in [-0.39, 0.29) is 0 Å². The Bertz CT molecular complexity index is 539. The largest absolute Gasteiger partial charge is 0.249 e. The first kappa shape index (κ1) is 13.2. The Morgan fingerprint density at radius 2 is 2.24 bits per heavy atom. The Morgan fingerprint density at radius 3 is 2.94 bits per heavy atom. The van der Waals surface area contributed by atoms with Gasteiger partial charge in [0, 0.05) is 9.72 Å². The molecule has 0 spiro atoms. The molecule has 0 aliphatic heterocycles. The summed E-state index contributed by atoms with van der Waals surface area (Å²) in [7, 11) is 1.61. The van der Waals surface area contributed by atoms with Crippen molar-refractivity contribution in [1.82, 2.24) is 0 Å². The van der Waals surface area contributed by atoms with E-state index in [9.17, 15) is 0 Å². The molecule has 94 valence electrons. The molecule has 1 aromatic heterocycles. The number of hydroxylamine groups is 1. The summed E-state index contributed by atoms with van der Waals surface area (Å²) in [6.07, 6.45) is 4.90. The molecule has 0 fully saturated rings. The van der Waals surface area contributed by atoms with E-state index in [0.29, 0.717) is 0 Å². The van der Waals surface area contributed by atoms with Crippen molar-refractivity contribution < 1.29 is 10.3 Å². The van der Waals surface area contributed by atoms with Crippen molar-refractivity contribution in [2.45, 2.75) is 6.92 Å². The number of hydrogen-bond donors (Lipinski definition) is 1. The summed E-state index contributed by atoms with van der Waals surface area (Å²) >= 11 is 7.71. The summed E-state index contributed by atoms with van der Waals surface area (Å²) in [5, 5.41) is 1.99. The van der Waals surface area contributed by atoms with E-state index >= 15 is 0 Å². The van der Waals surface area contributed by atoms with Crippen LogP contribution in [0.4, 0.5) is 0 Å². The Balaban J connectivity index is 0.00000144. The molecule has 0 radical (unpaired) electrons. The number of halogens is 1. The molecule has 0 aliphatic rings. The van der Waals surface area contributed by atoms with Crippen LogP contribution < -0.4 is 5.48 Å². The van der Waals surface area contributed by atoms with Gasteiger partial charge < -0.3 is 0 Å². The zero-order valence-electron chi connectivity index (χ0n) is 9.40. The SMILES string of the molecule is CO[NH2+][C-]=Cc1sc2ccc(Cl)cc2c1C.[Cf]. The Kier molecular flexibility index (Phi) is 4.24. The van der Waals surface area contributed by atoms with E-state index in [2.05, 4.69) is 13.1 Å². The minimum atomic E-state index is 0. The van der Waals surface area contributed by atoms with Crippen LogP contribution in [-0.2, 0) is 4.84 Å². The second-order valence-electron chi connectivity index (χ2n) is 3.40. The minimum absolute atomic E-state index is 0. The molecule has 1 heterocycles. The van der Waals surface area contributed by atoms with Crippen molar-refractivity contribution in [1.29, 1.82) is 0 Å². The molecular weight excluding hydrogens is 493 g/mol. The Hall–Kier alpha value is -1.87. The van der Waals surface area contributed by atoms with E-state index in [1.54, 1.807) is 18.4 Å². The van der Waals surface area contributed by atoms with Gasteiger partial charge >= 0.3 is 0 Å². The van der Waals surface area contributed by atoms with Gasteiger partial charge in [0.15, 0.2) is 0 Å². The normalized spacial score (nSPS) is 11.0. The van der Waals surface area contributed by atoms with Gasteiger partial charge in [0.05, 0.1) is 7.11 Å². The number of benzene rings is 1. The molecule has 17 heavy (non-hydrogen) atoms. The molecule has 1 aromatic carbocycles. The molecule has 2 rings (SSSR count). The van der Waals surface area contributed by atoms with Crippen molar-refractivity contribution in [3.8, 4) is 0 Å². The molecule has 2 N–H and O–H groups in total. The number of fused-ring (bicyclic) bond motifs is 1. The van der Waals surface area contributed by atoms with Crippen LogP contribution in [0, 0.1) is 13.1 Å². The Morgan fingerprint density at radius 1 is 1.47 bits per heavy atom. The van der Waals surface area contributed by atoms with Gasteiger partial charge in [0.1, 0.15) is 0 Å². The molecule has 0 saturated carbocycles. The van der Waals surface area contributed by atoms with Crippen molar-refractivity contribution >= 4 is 39.1 Å². The number of nitrogens with two attached hydrogens (primary N) is 1. The topological polar surface area (TPSA) is 25.8 Å². The standard InChI is InChI=1S/C12H12ClNOS.Cf/c1-8-10-7-9(13)3-4-12(10)16-11(8)5-6-14-15-2;/h3-5,7H,14H2,1-2H3;. The summed E-state index contributed by atoms with van der Waals surface area (Å²) in [5.74, 6) is 0. The Labute approximate surface area is 103 Å². The summed E-state index contributed by atoms with van der Waals surface area (Å²) in [6.45, 7) is 2.09. The minimum Gasteiger partial charge on any atom is -0.249 e. The first-order chi connectivity index (χ1) is 7.72. The summed E-state index contributed by atoms with van der Waals surface area (Å²) in [5.41, 5.74) is 2.77. The van der Waals surface area contributed by atoms with Crippen LogP contribution in [0.5, 0.6) is 0 Å². The van der Waals surface area contributed by atoms with E-state index in [0.717, 1.165) is 5.02 Å². The van der Waals surface area contributed by atoms with Crippen LogP contribution in [0.2, 0.25) is 5.02 Å². The fraction of sp³-hybridized carbons (Fsp3) is 0.167. The average Bonchev–Trinajstić information content (AvgIpc) is 2.57. The van der Waals surface area contributed by atoms with Gasteiger partial charge in [-0.15, -0.1) is 10.4 Å². The fourth-order valence-electron chi connectivity index (χ4n) is 1.53. The maximum atomic E-state index is 5.98. The van der Waals surface area contributed by atoms with Crippen molar-refractivity contribution in [3.05, 3.63) is 39.9 Å². The molecule has 0 saturated heterocycles. The van der Waals surface area contributed by atoms with Gasteiger partial charge in [-0.25, -0.2) is 21.7 Å². The summed E-state index contributed by atoms with van der Waals surface area (Å²) < 4.78 is 1.24. The second-order valence-corrected chi connectivity index (χ2v) is 4.92. The van der Waals surface area contributed by atoms with E-state index < -0.39 is 0 Å². The quantitative estimate of drug-likeness (QED) is 0.505. The van der Waals surface area contributed by atoms with Gasteiger partial charge in [-0.2, -0.15) is 6.08 Å². The van der Waals surface area contributed by atoms with Gasteiger partial charge in [-0.3, -0.25) is 0 Å². The van der Waals surface area contributed by atoms with E-state index in [4.69, 9.17) is 16.4 Å². The molecule has 0 unspecified atom stereocenters. The summed E-state index contributed by atoms with van der Waals surface area (Å²) in [4.78, 5) is 6.00. The third kappa shape index (κ3) is 2.63. The predicted molar refractivity (Wildman–Crippen MR) is 68.2 cm³/mol. The third-order valence-corrected chi connectivity index (χ3v) is 3.79. The first-order valence-corrected chi connectivity index (χ1v) is 6.04. The molecular formula is C12H12CfClNOS. The maximum Gasteiger partial charge on any atom is 0.0939 e. The number of quaternary nitrogens is 1. The van der Waals surface area contributed by atoms with Gasteiger partial charge in [0.2, 0.25) is 0 Å². The third-order valence-electron chi connectivity index (χ3n) is 2.34. The molecule has 0 amide bonds. The average molecular weight is 505 g/mol. The molecule has 0 bridgehead atoms. The predicted octanol–water partition coefficient (Wildman–Crippen LogP) is 2.76. The number of thiophene rings is 1. The number of hydrogen-bond acceptors (Lipinski definition) is 2. The van der Waals surface area contributed by atoms with E-state index in [1.165, 1.54) is 26.0 Å². The zero-order valence-corrected chi connectivity index (χ0v) is 13.6. The van der Waals surface area contributed by atoms with Crippen LogP contribution in [0.15, 0.2) is 18.2 Å². The number of aryl methyl sites for hydroxylation is 1. The molecule has 2 nitrogen and oxygen atoms in total. The summed E-state index contributed by atoms with van der Waals surface area (Å²) in [6, 6.07) is 5.96. The molecule has 0 aliphatic carbocycles. The van der Waals surface area contributed by atoms with Crippen molar-refractivity contribution in [3.63, 3.8) is 0 Å². The van der Waals surface area contributed by atoms with Crippen LogP contribution in [-0.4, -0.2) is 7.11 Å². The zero-order chi connectivity index (χ0) is 11.5. The smallest absolute Gasteiger partial charge is 0.0939 e. The van der Waals surface area contributed by atoms with Gasteiger partial charge in [0.25, 0.3) is 0 Å². The molecule has 5 heteroatoms. The first-order valence-electron chi connectivity index (χ1n) is 4.85. The van der Waals surface area contributed by atoms with E-state index in [1.807, 2.05) is 24.3 Å². The number of rotatable bonds is 3. The van der Waals surface area contributed by atoms with Crippen LogP contribution in [0.3, 0.4) is 0 Å². The van der Waals surface area contributed by atoms with Gasteiger partial charge in [-0.1, -0.05) is 18.5 Å². The second kappa shape index (κ2) is 5.46. The maximum absolute atomic E-state index is 5.98. The fourth-order valence-corrected chi connectivity index (χ4v) is 2.78. The van der Waals surface area contributed by atoms with Crippen LogP contribution in [0.1, 0.15) is 10.4 Å². The van der Waals surface area contributed by atoms with Crippen LogP contribution >= 0.6 is 22.9 Å². The van der Waals surface area contributed by atoms with Gasteiger partial charge in [-0.05, 0) is 29.8 Å². The molecule has 0 atom stereocenters. The van der Waals surface area contributed by atoms with Crippen molar-refractivity contribution in [2.75, 3.05) is 7.11 Å². The van der Waals surface area contributed by atoms with Crippen LogP contribution in [0.25, 0.3) is 16.2 Å². The monoisotopic (exact) mass is 502 g/mol. The molecule has 2 aromatic rings. The van der Waals surface area contributed by atoms with Crippen molar-refractivity contribution in [2.24, 2.45) is 0 Å².